The molecule has 2 amide bonds. The van der Waals surface area contributed by atoms with E-state index in [0.29, 0.717) is 5.25 Å². The maximum Gasteiger partial charge on any atom is 0.325 e. The Morgan fingerprint density at radius 1 is 1.47 bits per heavy atom. The van der Waals surface area contributed by atoms with Crippen LogP contribution in [-0.2, 0) is 4.79 Å². The van der Waals surface area contributed by atoms with Crippen LogP contribution in [0.5, 0.6) is 0 Å². The van der Waals surface area contributed by atoms with Crippen molar-refractivity contribution in [1.29, 1.82) is 0 Å². The van der Waals surface area contributed by atoms with Crippen molar-refractivity contribution in [3.8, 4) is 0 Å². The standard InChI is InChI=1S/C11H20N2O3S/c1-3-17-9-6-4-5-8(9)13-11(16)12-7(2)10(14)15/h7-9H,3-6H2,1-2H3,(H,14,15)(H2,12,13,16). The van der Waals surface area contributed by atoms with E-state index in [9.17, 15) is 9.59 Å². The molecule has 0 aromatic carbocycles. The van der Waals surface area contributed by atoms with Crippen molar-refractivity contribution in [2.75, 3.05) is 5.75 Å². The van der Waals surface area contributed by atoms with Crippen molar-refractivity contribution >= 4 is 23.8 Å². The number of amides is 2. The lowest BCUT2D eigenvalue weighted by molar-refractivity contribution is -0.138. The Bertz CT molecular complexity index is 286. The lowest BCUT2D eigenvalue weighted by Crippen LogP contribution is -2.49. The van der Waals surface area contributed by atoms with Crippen LogP contribution in [0, 0.1) is 0 Å². The second kappa shape index (κ2) is 6.74. The Kier molecular flexibility index (Phi) is 5.61. The molecule has 1 fully saturated rings. The average molecular weight is 260 g/mol. The van der Waals surface area contributed by atoms with Gasteiger partial charge in [-0.15, -0.1) is 0 Å². The van der Waals surface area contributed by atoms with E-state index in [1.807, 2.05) is 11.8 Å². The fourth-order valence-corrected chi connectivity index (χ4v) is 3.17. The van der Waals surface area contributed by atoms with E-state index in [0.717, 1.165) is 25.0 Å². The van der Waals surface area contributed by atoms with Gasteiger partial charge in [-0.3, -0.25) is 4.79 Å². The first kappa shape index (κ1) is 14.2. The molecule has 6 heteroatoms. The Morgan fingerprint density at radius 2 is 2.18 bits per heavy atom. The summed E-state index contributed by atoms with van der Waals surface area (Å²) in [6, 6.07) is -1.07. The molecule has 1 aliphatic carbocycles. The SMILES string of the molecule is CCSC1CCCC1NC(=O)NC(C)C(=O)O. The van der Waals surface area contributed by atoms with E-state index in [-0.39, 0.29) is 12.1 Å². The number of carboxylic acid groups (broad SMARTS) is 1. The number of aliphatic carboxylic acids is 1. The van der Waals surface area contributed by atoms with Crippen LogP contribution < -0.4 is 10.6 Å². The molecular weight excluding hydrogens is 240 g/mol. The predicted octanol–water partition coefficient (Wildman–Crippen LogP) is 1.43. The minimum atomic E-state index is -1.02. The third-order valence-corrected chi connectivity index (χ3v) is 4.19. The number of urea groups is 1. The third-order valence-electron chi connectivity index (χ3n) is 2.87. The van der Waals surface area contributed by atoms with E-state index >= 15 is 0 Å². The van der Waals surface area contributed by atoms with Gasteiger partial charge in [0.15, 0.2) is 0 Å². The van der Waals surface area contributed by atoms with Crippen molar-refractivity contribution in [3.63, 3.8) is 0 Å². The number of carbonyl (C=O) groups excluding carboxylic acids is 1. The van der Waals surface area contributed by atoms with Crippen molar-refractivity contribution in [1.82, 2.24) is 10.6 Å². The van der Waals surface area contributed by atoms with Gasteiger partial charge >= 0.3 is 12.0 Å². The van der Waals surface area contributed by atoms with Gasteiger partial charge in [-0.05, 0) is 25.5 Å². The molecule has 1 rings (SSSR count). The third kappa shape index (κ3) is 4.46. The highest BCUT2D eigenvalue weighted by atomic mass is 32.2. The van der Waals surface area contributed by atoms with Crippen molar-refractivity contribution < 1.29 is 14.7 Å². The quantitative estimate of drug-likeness (QED) is 0.699. The van der Waals surface area contributed by atoms with Gasteiger partial charge in [-0.25, -0.2) is 4.79 Å². The fourth-order valence-electron chi connectivity index (χ4n) is 1.97. The molecule has 0 bridgehead atoms. The molecule has 0 saturated heterocycles. The van der Waals surface area contributed by atoms with Gasteiger partial charge in [0.25, 0.3) is 0 Å². The van der Waals surface area contributed by atoms with E-state index in [4.69, 9.17) is 5.11 Å². The topological polar surface area (TPSA) is 78.4 Å². The average Bonchev–Trinajstić information content (AvgIpc) is 2.66. The van der Waals surface area contributed by atoms with Crippen molar-refractivity contribution in [3.05, 3.63) is 0 Å². The zero-order valence-corrected chi connectivity index (χ0v) is 11.0. The number of rotatable bonds is 5. The van der Waals surface area contributed by atoms with Gasteiger partial charge in [-0.2, -0.15) is 11.8 Å². The molecule has 1 aliphatic rings. The van der Waals surface area contributed by atoms with Crippen LogP contribution in [0.25, 0.3) is 0 Å². The van der Waals surface area contributed by atoms with Gasteiger partial charge in [0.2, 0.25) is 0 Å². The smallest absolute Gasteiger partial charge is 0.325 e. The number of carboxylic acids is 1. The second-order valence-electron chi connectivity index (χ2n) is 4.21. The Labute approximate surface area is 106 Å². The minimum Gasteiger partial charge on any atom is -0.480 e. The van der Waals surface area contributed by atoms with Crippen molar-refractivity contribution in [2.45, 2.75) is 50.4 Å². The Hall–Kier alpha value is -0.910. The predicted molar refractivity (Wildman–Crippen MR) is 68.3 cm³/mol. The Morgan fingerprint density at radius 3 is 2.76 bits per heavy atom. The maximum absolute atomic E-state index is 11.6. The number of nitrogens with one attached hydrogen (secondary N) is 2. The minimum absolute atomic E-state index is 0.168. The van der Waals surface area contributed by atoms with Crippen molar-refractivity contribution in [2.24, 2.45) is 0 Å². The molecule has 0 aromatic rings. The highest BCUT2D eigenvalue weighted by Gasteiger charge is 2.28. The largest absolute Gasteiger partial charge is 0.480 e. The zero-order chi connectivity index (χ0) is 12.8. The highest BCUT2D eigenvalue weighted by molar-refractivity contribution is 7.99. The second-order valence-corrected chi connectivity index (χ2v) is 5.73. The van der Waals surface area contributed by atoms with Crippen LogP contribution >= 0.6 is 11.8 Å². The highest BCUT2D eigenvalue weighted by Crippen LogP contribution is 2.29. The molecule has 0 heterocycles. The first-order chi connectivity index (χ1) is 8.04. The molecule has 17 heavy (non-hydrogen) atoms. The molecule has 3 N–H and O–H groups in total. The Balaban J connectivity index is 2.37. The summed E-state index contributed by atoms with van der Waals surface area (Å²) in [7, 11) is 0. The first-order valence-electron chi connectivity index (χ1n) is 5.96. The van der Waals surface area contributed by atoms with E-state index in [2.05, 4.69) is 17.6 Å². The molecule has 0 aliphatic heterocycles. The summed E-state index contributed by atoms with van der Waals surface area (Å²) in [4.78, 5) is 22.2. The molecule has 0 spiro atoms. The molecule has 0 radical (unpaired) electrons. The summed E-state index contributed by atoms with van der Waals surface area (Å²) in [6.45, 7) is 3.56. The normalized spacial score (nSPS) is 25.3. The van der Waals surface area contributed by atoms with Crippen LogP contribution in [0.15, 0.2) is 0 Å². The van der Waals surface area contributed by atoms with Crippen LogP contribution in [0.1, 0.15) is 33.1 Å². The first-order valence-corrected chi connectivity index (χ1v) is 7.01. The zero-order valence-electron chi connectivity index (χ0n) is 10.2. The number of hydrogen-bond donors (Lipinski definition) is 3. The molecule has 98 valence electrons. The van der Waals surface area contributed by atoms with Gasteiger partial charge in [0.05, 0.1) is 0 Å². The summed E-state index contributed by atoms with van der Waals surface area (Å²) in [5, 5.41) is 14.4. The molecule has 3 atom stereocenters. The van der Waals surface area contributed by atoms with E-state index in [1.165, 1.54) is 6.92 Å². The summed E-state index contributed by atoms with van der Waals surface area (Å²) in [5.74, 6) is 0.0155. The number of thioether (sulfide) groups is 1. The van der Waals surface area contributed by atoms with Crippen LogP contribution in [0.2, 0.25) is 0 Å². The number of carbonyl (C=O) groups is 2. The molecule has 5 nitrogen and oxygen atoms in total. The molecule has 1 saturated carbocycles. The lowest BCUT2D eigenvalue weighted by Gasteiger charge is -2.21. The van der Waals surface area contributed by atoms with E-state index < -0.39 is 12.0 Å². The van der Waals surface area contributed by atoms with Crippen LogP contribution in [0.4, 0.5) is 4.79 Å². The van der Waals surface area contributed by atoms with Crippen LogP contribution in [-0.4, -0.2) is 40.2 Å². The molecule has 3 unspecified atom stereocenters. The fraction of sp³-hybridized carbons (Fsp3) is 0.818. The maximum atomic E-state index is 11.6. The van der Waals surface area contributed by atoms with E-state index in [1.54, 1.807) is 0 Å². The van der Waals surface area contributed by atoms with Gasteiger partial charge in [0, 0.05) is 11.3 Å². The molecular formula is C11H20N2O3S. The summed E-state index contributed by atoms with van der Waals surface area (Å²) in [5.41, 5.74) is 0. The summed E-state index contributed by atoms with van der Waals surface area (Å²) < 4.78 is 0. The summed E-state index contributed by atoms with van der Waals surface area (Å²) >= 11 is 1.86. The van der Waals surface area contributed by atoms with Gasteiger partial charge in [0.1, 0.15) is 6.04 Å². The molecule has 0 aromatic heterocycles. The summed E-state index contributed by atoms with van der Waals surface area (Å²) in [6.07, 6.45) is 3.22. The van der Waals surface area contributed by atoms with Gasteiger partial charge < -0.3 is 15.7 Å². The van der Waals surface area contributed by atoms with Gasteiger partial charge in [-0.1, -0.05) is 13.3 Å². The monoisotopic (exact) mass is 260 g/mol. The number of hydrogen-bond acceptors (Lipinski definition) is 3. The van der Waals surface area contributed by atoms with Crippen LogP contribution in [0.3, 0.4) is 0 Å². The lowest BCUT2D eigenvalue weighted by atomic mass is 10.2.